The zero-order valence-electron chi connectivity index (χ0n) is 11.9. The average molecular weight is 344 g/mol. The van der Waals surface area contributed by atoms with Gasteiger partial charge in [0.1, 0.15) is 0 Å². The van der Waals surface area contributed by atoms with Gasteiger partial charge < -0.3 is 5.32 Å². The second-order valence-electron chi connectivity index (χ2n) is 5.55. The molecule has 2 nitrogen and oxygen atoms in total. The van der Waals surface area contributed by atoms with E-state index in [2.05, 4.69) is 40.3 Å². The van der Waals surface area contributed by atoms with Crippen LogP contribution in [0, 0.1) is 5.92 Å². The lowest BCUT2D eigenvalue weighted by atomic mass is 10.1. The minimum absolute atomic E-state index is 0.103. The van der Waals surface area contributed by atoms with Crippen molar-refractivity contribution in [3.05, 3.63) is 65.7 Å². The van der Waals surface area contributed by atoms with Crippen molar-refractivity contribution >= 4 is 27.5 Å². The average Bonchev–Trinajstić information content (AvgIpc) is 3.29. The highest BCUT2D eigenvalue weighted by Gasteiger charge is 2.43. The van der Waals surface area contributed by atoms with Gasteiger partial charge in [-0.2, -0.15) is 0 Å². The van der Waals surface area contributed by atoms with E-state index < -0.39 is 0 Å². The van der Waals surface area contributed by atoms with Crippen molar-refractivity contribution < 1.29 is 4.79 Å². The Bertz CT molecular complexity index is 639. The maximum atomic E-state index is 12.4. The van der Waals surface area contributed by atoms with Gasteiger partial charge in [0.2, 0.25) is 5.91 Å². The molecule has 0 heterocycles. The summed E-state index contributed by atoms with van der Waals surface area (Å²) >= 11 is 3.57. The predicted octanol–water partition coefficient (Wildman–Crippen LogP) is 4.88. The molecule has 1 fully saturated rings. The Balaban J connectivity index is 1.69. The zero-order valence-corrected chi connectivity index (χ0v) is 13.5. The first-order chi connectivity index (χ1) is 10.2. The standard InChI is InChI=1S/C18H18BrNO/c1-12(19)14-9-5-6-10-17(14)20-18(21)16-11-15(16)13-7-3-2-4-8-13/h2-10,12,15-16H,11H2,1H3,(H,20,21). The van der Waals surface area contributed by atoms with E-state index in [1.54, 1.807) is 0 Å². The molecular formula is C18H18BrNO. The molecule has 0 radical (unpaired) electrons. The van der Waals surface area contributed by atoms with Gasteiger partial charge in [-0.25, -0.2) is 0 Å². The Morgan fingerprint density at radius 2 is 1.81 bits per heavy atom. The molecule has 0 aromatic heterocycles. The maximum Gasteiger partial charge on any atom is 0.228 e. The van der Waals surface area contributed by atoms with Gasteiger partial charge in [0.25, 0.3) is 0 Å². The highest BCUT2D eigenvalue weighted by atomic mass is 79.9. The second kappa shape index (κ2) is 6.02. The molecule has 0 saturated heterocycles. The third-order valence-electron chi connectivity index (χ3n) is 4.00. The fourth-order valence-corrected chi connectivity index (χ4v) is 3.14. The molecule has 1 saturated carbocycles. The van der Waals surface area contributed by atoms with Crippen molar-refractivity contribution in [3.8, 4) is 0 Å². The van der Waals surface area contributed by atoms with Gasteiger partial charge in [-0.3, -0.25) is 4.79 Å². The van der Waals surface area contributed by atoms with Crippen LogP contribution in [0.15, 0.2) is 54.6 Å². The van der Waals surface area contributed by atoms with Gasteiger partial charge in [-0.05, 0) is 36.5 Å². The van der Waals surface area contributed by atoms with Crippen molar-refractivity contribution in [2.24, 2.45) is 5.92 Å². The fourth-order valence-electron chi connectivity index (χ4n) is 2.74. The molecule has 3 unspecified atom stereocenters. The van der Waals surface area contributed by atoms with Gasteiger partial charge in [-0.1, -0.05) is 64.5 Å². The molecule has 2 aromatic carbocycles. The number of carbonyl (C=O) groups excluding carboxylic acids is 1. The van der Waals surface area contributed by atoms with E-state index in [1.807, 2.05) is 42.5 Å². The molecule has 21 heavy (non-hydrogen) atoms. The second-order valence-corrected chi connectivity index (χ2v) is 6.93. The molecule has 1 aliphatic rings. The van der Waals surface area contributed by atoms with Crippen molar-refractivity contribution in [2.75, 3.05) is 5.32 Å². The SMILES string of the molecule is CC(Br)c1ccccc1NC(=O)C1CC1c1ccccc1. The topological polar surface area (TPSA) is 29.1 Å². The van der Waals surface area contributed by atoms with Gasteiger partial charge in [0.15, 0.2) is 0 Å². The normalized spacial score (nSPS) is 21.6. The molecule has 3 heteroatoms. The largest absolute Gasteiger partial charge is 0.326 e. The molecule has 0 bridgehead atoms. The van der Waals surface area contributed by atoms with Crippen LogP contribution >= 0.6 is 15.9 Å². The summed E-state index contributed by atoms with van der Waals surface area (Å²) in [5.74, 6) is 0.607. The molecule has 2 aromatic rings. The lowest BCUT2D eigenvalue weighted by Gasteiger charge is -2.12. The monoisotopic (exact) mass is 343 g/mol. The molecule has 1 N–H and O–H groups in total. The van der Waals surface area contributed by atoms with E-state index in [0.717, 1.165) is 17.7 Å². The summed E-state index contributed by atoms with van der Waals surface area (Å²) in [5, 5.41) is 3.08. The van der Waals surface area contributed by atoms with Gasteiger partial charge in [-0.15, -0.1) is 0 Å². The van der Waals surface area contributed by atoms with Crippen LogP contribution in [0.3, 0.4) is 0 Å². The summed E-state index contributed by atoms with van der Waals surface area (Å²) < 4.78 is 0. The smallest absolute Gasteiger partial charge is 0.228 e. The first-order valence-electron chi connectivity index (χ1n) is 7.25. The summed E-state index contributed by atoms with van der Waals surface area (Å²) in [6, 6.07) is 18.2. The number of halogens is 1. The van der Waals surface area contributed by atoms with Crippen molar-refractivity contribution in [1.29, 1.82) is 0 Å². The van der Waals surface area contributed by atoms with Crippen LogP contribution in [0.25, 0.3) is 0 Å². The molecule has 1 amide bonds. The number of nitrogens with one attached hydrogen (secondary N) is 1. The summed E-state index contributed by atoms with van der Waals surface area (Å²) in [5.41, 5.74) is 3.29. The highest BCUT2D eigenvalue weighted by molar-refractivity contribution is 9.09. The Morgan fingerprint density at radius 3 is 2.52 bits per heavy atom. The van der Waals surface area contributed by atoms with E-state index >= 15 is 0 Å². The van der Waals surface area contributed by atoms with E-state index in [0.29, 0.717) is 5.92 Å². The summed E-state index contributed by atoms with van der Waals surface area (Å²) in [7, 11) is 0. The molecule has 0 spiro atoms. The molecule has 3 rings (SSSR count). The first-order valence-corrected chi connectivity index (χ1v) is 8.17. The molecule has 3 atom stereocenters. The third-order valence-corrected chi connectivity index (χ3v) is 4.50. The van der Waals surface area contributed by atoms with Crippen LogP contribution in [0.4, 0.5) is 5.69 Å². The Hall–Kier alpha value is -1.61. The van der Waals surface area contributed by atoms with E-state index in [-0.39, 0.29) is 16.7 Å². The Kier molecular flexibility index (Phi) is 4.11. The van der Waals surface area contributed by atoms with Crippen LogP contribution in [0.5, 0.6) is 0 Å². The van der Waals surface area contributed by atoms with Gasteiger partial charge in [0.05, 0.1) is 0 Å². The van der Waals surface area contributed by atoms with Crippen molar-refractivity contribution in [3.63, 3.8) is 0 Å². The van der Waals surface area contributed by atoms with Gasteiger partial charge >= 0.3 is 0 Å². The minimum Gasteiger partial charge on any atom is -0.326 e. The number of alkyl halides is 1. The van der Waals surface area contributed by atoms with E-state index in [4.69, 9.17) is 0 Å². The van der Waals surface area contributed by atoms with E-state index in [1.165, 1.54) is 5.56 Å². The van der Waals surface area contributed by atoms with Crippen molar-refractivity contribution in [2.45, 2.75) is 24.1 Å². The number of amides is 1. The number of hydrogen-bond donors (Lipinski definition) is 1. The highest BCUT2D eigenvalue weighted by Crippen LogP contribution is 2.48. The summed E-state index contributed by atoms with van der Waals surface area (Å²) in [6.07, 6.45) is 0.946. The third kappa shape index (κ3) is 3.18. The predicted molar refractivity (Wildman–Crippen MR) is 89.7 cm³/mol. The van der Waals surface area contributed by atoms with Crippen LogP contribution in [0.1, 0.15) is 35.2 Å². The molecule has 108 valence electrons. The Labute approximate surface area is 133 Å². The van der Waals surface area contributed by atoms with Crippen LogP contribution < -0.4 is 5.32 Å². The minimum atomic E-state index is 0.103. The number of anilines is 1. The van der Waals surface area contributed by atoms with E-state index in [9.17, 15) is 4.79 Å². The zero-order chi connectivity index (χ0) is 14.8. The van der Waals surface area contributed by atoms with Crippen molar-refractivity contribution in [1.82, 2.24) is 0 Å². The number of hydrogen-bond acceptors (Lipinski definition) is 1. The molecule has 1 aliphatic carbocycles. The van der Waals surface area contributed by atoms with Gasteiger partial charge in [0, 0.05) is 16.4 Å². The number of carbonyl (C=O) groups is 1. The molecule has 0 aliphatic heterocycles. The van der Waals surface area contributed by atoms with Crippen LogP contribution in [-0.2, 0) is 4.79 Å². The van der Waals surface area contributed by atoms with Crippen LogP contribution in [0.2, 0.25) is 0 Å². The number of benzene rings is 2. The summed E-state index contributed by atoms with van der Waals surface area (Å²) in [6.45, 7) is 2.06. The maximum absolute atomic E-state index is 12.4. The fraction of sp³-hybridized carbons (Fsp3) is 0.278. The molecular weight excluding hydrogens is 326 g/mol. The lowest BCUT2D eigenvalue weighted by Crippen LogP contribution is -2.15. The summed E-state index contributed by atoms with van der Waals surface area (Å²) in [4.78, 5) is 12.6. The quantitative estimate of drug-likeness (QED) is 0.787. The lowest BCUT2D eigenvalue weighted by molar-refractivity contribution is -0.117. The van der Waals surface area contributed by atoms with Crippen LogP contribution in [-0.4, -0.2) is 5.91 Å². The number of rotatable bonds is 4. The Morgan fingerprint density at radius 1 is 1.14 bits per heavy atom. The first kappa shape index (κ1) is 14.3. The number of para-hydroxylation sites is 1.